The Morgan fingerprint density at radius 1 is 1.20 bits per heavy atom. The Balaban J connectivity index is 1.18. The van der Waals surface area contributed by atoms with Crippen LogP contribution in [0.25, 0.3) is 5.65 Å². The van der Waals surface area contributed by atoms with Crippen molar-refractivity contribution in [2.75, 3.05) is 26.3 Å². The molecule has 0 N–H and O–H groups in total. The Morgan fingerprint density at radius 2 is 2.07 bits per heavy atom. The lowest BCUT2D eigenvalue weighted by Gasteiger charge is -2.32. The van der Waals surface area contributed by atoms with Crippen LogP contribution in [0, 0.1) is 5.92 Å². The van der Waals surface area contributed by atoms with E-state index in [4.69, 9.17) is 9.47 Å². The number of amides is 1. The summed E-state index contributed by atoms with van der Waals surface area (Å²) < 4.78 is 13.4. The molecule has 1 aromatic carbocycles. The molecule has 2 aromatic heterocycles. The van der Waals surface area contributed by atoms with Crippen LogP contribution in [0.5, 0.6) is 11.5 Å². The van der Waals surface area contributed by atoms with Crippen molar-refractivity contribution < 1.29 is 19.1 Å². The molecule has 2 aliphatic heterocycles. The molecule has 7 heteroatoms. The number of aromatic nitrogens is 2. The van der Waals surface area contributed by atoms with Crippen LogP contribution < -0.4 is 9.47 Å². The van der Waals surface area contributed by atoms with Gasteiger partial charge in [0.25, 0.3) is 5.91 Å². The average Bonchev–Trinajstić information content (AvgIpc) is 3.26. The highest BCUT2D eigenvalue weighted by Gasteiger charge is 2.26. The number of carbonyl (C=O) groups is 2. The van der Waals surface area contributed by atoms with Crippen molar-refractivity contribution in [3.8, 4) is 11.5 Å². The summed E-state index contributed by atoms with van der Waals surface area (Å²) in [5.74, 6) is 1.94. The third-order valence-corrected chi connectivity index (χ3v) is 5.84. The van der Waals surface area contributed by atoms with E-state index >= 15 is 0 Å². The minimum absolute atomic E-state index is 0.0114. The number of pyridine rings is 1. The van der Waals surface area contributed by atoms with Crippen molar-refractivity contribution in [3.05, 3.63) is 60.0 Å². The fourth-order valence-corrected chi connectivity index (χ4v) is 4.14. The molecule has 0 bridgehead atoms. The van der Waals surface area contributed by atoms with Crippen LogP contribution in [0.15, 0.2) is 48.9 Å². The maximum Gasteiger partial charge on any atom is 0.253 e. The number of ether oxygens (including phenoxy) is 2. The number of piperidine rings is 1. The molecule has 0 atom stereocenters. The Labute approximate surface area is 174 Å². The van der Waals surface area contributed by atoms with E-state index in [-0.39, 0.29) is 18.3 Å². The van der Waals surface area contributed by atoms with E-state index in [9.17, 15) is 9.59 Å². The largest absolute Gasteiger partial charge is 0.489 e. The van der Waals surface area contributed by atoms with Gasteiger partial charge in [-0.25, -0.2) is 4.98 Å². The summed E-state index contributed by atoms with van der Waals surface area (Å²) in [7, 11) is 0. The second kappa shape index (κ2) is 7.82. The van der Waals surface area contributed by atoms with E-state index in [1.54, 1.807) is 24.4 Å². The van der Waals surface area contributed by atoms with Crippen LogP contribution in [0.2, 0.25) is 0 Å². The van der Waals surface area contributed by atoms with Gasteiger partial charge in [-0.3, -0.25) is 9.59 Å². The molecule has 1 saturated heterocycles. The number of imidazole rings is 1. The molecule has 3 aromatic rings. The number of benzene rings is 1. The monoisotopic (exact) mass is 405 g/mol. The summed E-state index contributed by atoms with van der Waals surface area (Å²) in [6, 6.07) is 9.27. The maximum absolute atomic E-state index is 12.9. The number of likely N-dealkylation sites (tertiary alicyclic amines) is 1. The van der Waals surface area contributed by atoms with Crippen LogP contribution in [0.3, 0.4) is 0 Å². The first-order valence-electron chi connectivity index (χ1n) is 10.3. The van der Waals surface area contributed by atoms with Gasteiger partial charge in [-0.1, -0.05) is 0 Å². The normalized spacial score (nSPS) is 16.9. The van der Waals surface area contributed by atoms with Crippen molar-refractivity contribution in [2.24, 2.45) is 5.92 Å². The first-order chi connectivity index (χ1) is 14.7. The zero-order valence-electron chi connectivity index (χ0n) is 16.6. The van der Waals surface area contributed by atoms with Crippen molar-refractivity contribution in [1.82, 2.24) is 14.3 Å². The third kappa shape index (κ3) is 3.63. The lowest BCUT2D eigenvalue weighted by molar-refractivity contribution is -0.121. The smallest absolute Gasteiger partial charge is 0.253 e. The number of rotatable bonds is 4. The summed E-state index contributed by atoms with van der Waals surface area (Å²) in [4.78, 5) is 30.8. The number of carbonyl (C=O) groups excluding carboxylic acids is 2. The van der Waals surface area contributed by atoms with Crippen LogP contribution in [0.1, 0.15) is 28.8 Å². The lowest BCUT2D eigenvalue weighted by Crippen LogP contribution is -2.39. The Kier molecular flexibility index (Phi) is 4.86. The quantitative estimate of drug-likeness (QED) is 0.667. The maximum atomic E-state index is 12.9. The van der Waals surface area contributed by atoms with Crippen LogP contribution in [-0.2, 0) is 11.2 Å². The van der Waals surface area contributed by atoms with Crippen molar-refractivity contribution >= 4 is 17.3 Å². The average molecular weight is 405 g/mol. The summed E-state index contributed by atoms with van der Waals surface area (Å²) >= 11 is 0. The highest BCUT2D eigenvalue weighted by Crippen LogP contribution is 2.27. The Bertz CT molecular complexity index is 1100. The molecule has 5 rings (SSSR count). The number of ketones is 1. The van der Waals surface area contributed by atoms with Gasteiger partial charge in [0.2, 0.25) is 0 Å². The molecule has 4 heterocycles. The zero-order valence-corrected chi connectivity index (χ0v) is 16.6. The highest BCUT2D eigenvalue weighted by atomic mass is 16.5. The van der Waals surface area contributed by atoms with Crippen LogP contribution in [0.4, 0.5) is 0 Å². The lowest BCUT2D eigenvalue weighted by atomic mass is 9.96. The molecular formula is C23H23N3O4. The number of fused-ring (bicyclic) bond motifs is 2. The van der Waals surface area contributed by atoms with Gasteiger partial charge < -0.3 is 18.8 Å². The van der Waals surface area contributed by atoms with Gasteiger partial charge in [0.1, 0.15) is 12.4 Å². The molecular weight excluding hydrogens is 382 g/mol. The topological polar surface area (TPSA) is 73.1 Å². The van der Waals surface area contributed by atoms with Gasteiger partial charge in [-0.2, -0.15) is 0 Å². The molecule has 1 fully saturated rings. The van der Waals surface area contributed by atoms with E-state index in [1.165, 1.54) is 0 Å². The third-order valence-electron chi connectivity index (χ3n) is 5.84. The van der Waals surface area contributed by atoms with Crippen molar-refractivity contribution in [1.29, 1.82) is 0 Å². The van der Waals surface area contributed by atoms with Crippen molar-refractivity contribution in [3.63, 3.8) is 0 Å². The minimum Gasteiger partial charge on any atom is -0.489 e. The molecule has 154 valence electrons. The van der Waals surface area contributed by atoms with E-state index < -0.39 is 0 Å². The second-order valence-electron chi connectivity index (χ2n) is 7.90. The summed E-state index contributed by atoms with van der Waals surface area (Å²) in [5.41, 5.74) is 2.24. The molecule has 7 nitrogen and oxygen atoms in total. The van der Waals surface area contributed by atoms with Crippen LogP contribution >= 0.6 is 0 Å². The van der Waals surface area contributed by atoms with Crippen molar-refractivity contribution in [2.45, 2.75) is 19.3 Å². The van der Waals surface area contributed by atoms with Gasteiger partial charge in [-0.15, -0.1) is 0 Å². The van der Waals surface area contributed by atoms with E-state index in [0.717, 1.165) is 29.8 Å². The van der Waals surface area contributed by atoms with Gasteiger partial charge in [-0.05, 0) is 49.1 Å². The summed E-state index contributed by atoms with van der Waals surface area (Å²) in [6.07, 6.45) is 7.73. The van der Waals surface area contributed by atoms with Gasteiger partial charge in [0.05, 0.1) is 6.61 Å². The number of hydrogen-bond acceptors (Lipinski definition) is 5. The van der Waals surface area contributed by atoms with Gasteiger partial charge in [0.15, 0.2) is 17.2 Å². The molecule has 0 saturated carbocycles. The second-order valence-corrected chi connectivity index (χ2v) is 7.90. The van der Waals surface area contributed by atoms with E-state index in [1.807, 2.05) is 33.8 Å². The fraction of sp³-hybridized carbons (Fsp3) is 0.348. The highest BCUT2D eigenvalue weighted by molar-refractivity contribution is 5.95. The molecule has 2 aliphatic rings. The van der Waals surface area contributed by atoms with Gasteiger partial charge >= 0.3 is 0 Å². The number of Topliss-reactive ketones (excluding diaryl/α,β-unsaturated/α-hetero) is 1. The molecule has 1 amide bonds. The zero-order chi connectivity index (χ0) is 20.5. The predicted octanol–water partition coefficient (Wildman–Crippen LogP) is 2.77. The SMILES string of the molecule is O=C1COc2ccc(C(=O)N3CCC(COc4cccn5ccnc45)CC3)cc2C1. The minimum atomic E-state index is 0.0114. The Morgan fingerprint density at radius 3 is 2.93 bits per heavy atom. The van der Waals surface area contributed by atoms with E-state index in [0.29, 0.717) is 43.3 Å². The van der Waals surface area contributed by atoms with Crippen LogP contribution in [-0.4, -0.2) is 52.3 Å². The molecule has 0 unspecified atom stereocenters. The first-order valence-corrected chi connectivity index (χ1v) is 10.3. The van der Waals surface area contributed by atoms with Gasteiger partial charge in [0, 0.05) is 49.2 Å². The number of nitrogens with zero attached hydrogens (tertiary/aromatic N) is 3. The summed E-state index contributed by atoms with van der Waals surface area (Å²) in [5, 5.41) is 0. The first kappa shape index (κ1) is 18.7. The Hall–Kier alpha value is -3.35. The molecule has 0 radical (unpaired) electrons. The standard InChI is InChI=1S/C23H23N3O4/c27-19-13-18-12-17(3-4-20(18)30-15-19)23(28)26-9-5-16(6-10-26)14-29-21-2-1-8-25-11-7-24-22(21)25/h1-4,7-8,11-12,16H,5-6,9-10,13-15H2. The van der Waals surface area contributed by atoms with E-state index in [2.05, 4.69) is 4.98 Å². The predicted molar refractivity (Wildman–Crippen MR) is 110 cm³/mol. The summed E-state index contributed by atoms with van der Waals surface area (Å²) in [6.45, 7) is 2.14. The molecule has 0 aliphatic carbocycles. The molecule has 30 heavy (non-hydrogen) atoms. The molecule has 0 spiro atoms. The fourth-order valence-electron chi connectivity index (χ4n) is 4.14. The number of hydrogen-bond donors (Lipinski definition) is 0.